The maximum Gasteiger partial charge on any atom is 0.347 e. The van der Waals surface area contributed by atoms with Crippen LogP contribution in [0.3, 0.4) is 0 Å². The molecule has 0 saturated carbocycles. The van der Waals surface area contributed by atoms with Crippen LogP contribution in [0, 0.1) is 0 Å². The molecule has 5 heteroatoms. The molecule has 2 heterocycles. The molecule has 1 N–H and O–H groups in total. The first-order chi connectivity index (χ1) is 6.75. The van der Waals surface area contributed by atoms with Crippen molar-refractivity contribution >= 4 is 29.1 Å². The van der Waals surface area contributed by atoms with Crippen LogP contribution in [0.2, 0.25) is 0 Å². The highest BCUT2D eigenvalue weighted by molar-refractivity contribution is 8.00. The Bertz CT molecular complexity index is 331. The molecule has 1 atom stereocenters. The van der Waals surface area contributed by atoms with Crippen LogP contribution in [-0.2, 0) is 6.42 Å². The Balaban J connectivity index is 1.98. The van der Waals surface area contributed by atoms with Crippen LogP contribution >= 0.6 is 23.1 Å². The van der Waals surface area contributed by atoms with E-state index in [-0.39, 0.29) is 0 Å². The average Bonchev–Trinajstić information content (AvgIpc) is 2.75. The zero-order valence-electron chi connectivity index (χ0n) is 7.60. The van der Waals surface area contributed by atoms with E-state index in [0.717, 1.165) is 11.4 Å². The molecule has 0 radical (unpaired) electrons. The molecule has 1 fully saturated rings. The highest BCUT2D eigenvalue weighted by Crippen LogP contribution is 2.30. The van der Waals surface area contributed by atoms with Gasteiger partial charge in [-0.2, -0.15) is 11.8 Å². The Kier molecular flexibility index (Phi) is 3.08. The average molecular weight is 229 g/mol. The maximum atomic E-state index is 10.6. The van der Waals surface area contributed by atoms with Crippen molar-refractivity contribution in [1.82, 2.24) is 4.98 Å². The lowest BCUT2D eigenvalue weighted by Gasteiger charge is -2.03. The van der Waals surface area contributed by atoms with Gasteiger partial charge in [-0.25, -0.2) is 9.78 Å². The fraction of sp³-hybridized carbons (Fsp3) is 0.556. The van der Waals surface area contributed by atoms with Crippen molar-refractivity contribution in [1.29, 1.82) is 0 Å². The van der Waals surface area contributed by atoms with Gasteiger partial charge in [-0.1, -0.05) is 0 Å². The number of aromatic carboxylic acids is 1. The molecule has 0 spiro atoms. The minimum atomic E-state index is -0.868. The van der Waals surface area contributed by atoms with Gasteiger partial charge in [0.2, 0.25) is 0 Å². The minimum Gasteiger partial charge on any atom is -0.477 e. The second-order valence-electron chi connectivity index (χ2n) is 3.26. The van der Waals surface area contributed by atoms with Gasteiger partial charge in [0.15, 0.2) is 0 Å². The number of carboxylic acid groups (broad SMARTS) is 1. The summed E-state index contributed by atoms with van der Waals surface area (Å²) < 4.78 is 0. The molecule has 1 unspecified atom stereocenters. The van der Waals surface area contributed by atoms with Gasteiger partial charge in [-0.05, 0) is 18.6 Å². The van der Waals surface area contributed by atoms with Crippen molar-refractivity contribution < 1.29 is 9.90 Å². The number of carboxylic acids is 1. The molecule has 0 bridgehead atoms. The van der Waals surface area contributed by atoms with Crippen molar-refractivity contribution in [2.45, 2.75) is 24.5 Å². The number of hydrogen-bond donors (Lipinski definition) is 1. The Morgan fingerprint density at radius 2 is 2.57 bits per heavy atom. The number of thioether (sulfide) groups is 1. The van der Waals surface area contributed by atoms with Crippen LogP contribution in [0.25, 0.3) is 0 Å². The quantitative estimate of drug-likeness (QED) is 0.864. The molecule has 76 valence electrons. The molecule has 0 amide bonds. The summed E-state index contributed by atoms with van der Waals surface area (Å²) in [5, 5.41) is 10.3. The molecule has 2 rings (SSSR count). The van der Waals surface area contributed by atoms with E-state index in [1.54, 1.807) is 0 Å². The summed E-state index contributed by atoms with van der Waals surface area (Å²) in [4.78, 5) is 15.1. The summed E-state index contributed by atoms with van der Waals surface area (Å²) >= 11 is 3.28. The van der Waals surface area contributed by atoms with Gasteiger partial charge in [0, 0.05) is 11.7 Å². The van der Waals surface area contributed by atoms with Gasteiger partial charge in [0.05, 0.1) is 11.2 Å². The van der Waals surface area contributed by atoms with E-state index in [1.165, 1.54) is 36.1 Å². The van der Waals surface area contributed by atoms with Crippen molar-refractivity contribution in [2.24, 2.45) is 0 Å². The molecule has 1 aromatic rings. The molecule has 0 aromatic carbocycles. The number of aromatic nitrogens is 1. The zero-order chi connectivity index (χ0) is 9.97. The van der Waals surface area contributed by atoms with Crippen molar-refractivity contribution in [3.8, 4) is 0 Å². The Hall–Kier alpha value is -0.550. The molecule has 1 saturated heterocycles. The first-order valence-electron chi connectivity index (χ1n) is 4.55. The second-order valence-corrected chi connectivity index (χ2v) is 5.79. The van der Waals surface area contributed by atoms with E-state index in [9.17, 15) is 4.79 Å². The monoisotopic (exact) mass is 229 g/mol. The largest absolute Gasteiger partial charge is 0.477 e. The predicted octanol–water partition coefficient (Wildman–Crippen LogP) is 2.28. The van der Waals surface area contributed by atoms with Gasteiger partial charge in [0.25, 0.3) is 0 Å². The molecule has 1 aliphatic heterocycles. The normalized spacial score (nSPS) is 21.3. The lowest BCUT2D eigenvalue weighted by molar-refractivity contribution is 0.0702. The maximum absolute atomic E-state index is 10.6. The standard InChI is InChI=1S/C9H11NO2S2/c11-9(12)7-5-10-8(14-7)4-6-2-1-3-13-6/h5-6H,1-4H2,(H,11,12). The van der Waals surface area contributed by atoms with E-state index in [0.29, 0.717) is 10.1 Å². The molecule has 0 aliphatic carbocycles. The van der Waals surface area contributed by atoms with Crippen LogP contribution in [0.4, 0.5) is 0 Å². The fourth-order valence-corrected chi connectivity index (χ4v) is 3.72. The zero-order valence-corrected chi connectivity index (χ0v) is 9.24. The van der Waals surface area contributed by atoms with E-state index in [2.05, 4.69) is 4.98 Å². The summed E-state index contributed by atoms with van der Waals surface area (Å²) in [6.07, 6.45) is 4.92. The Morgan fingerprint density at radius 3 is 3.14 bits per heavy atom. The van der Waals surface area contributed by atoms with Crippen LogP contribution in [0.15, 0.2) is 6.20 Å². The topological polar surface area (TPSA) is 50.2 Å². The van der Waals surface area contributed by atoms with Gasteiger partial charge in [0.1, 0.15) is 4.88 Å². The lowest BCUT2D eigenvalue weighted by atomic mass is 10.2. The van der Waals surface area contributed by atoms with Crippen LogP contribution in [0.1, 0.15) is 27.5 Å². The summed E-state index contributed by atoms with van der Waals surface area (Å²) in [7, 11) is 0. The minimum absolute atomic E-state index is 0.350. The lowest BCUT2D eigenvalue weighted by Crippen LogP contribution is -2.00. The number of hydrogen-bond acceptors (Lipinski definition) is 4. The Morgan fingerprint density at radius 1 is 1.71 bits per heavy atom. The van der Waals surface area contributed by atoms with Crippen LogP contribution < -0.4 is 0 Å². The molecule has 1 aromatic heterocycles. The molecular weight excluding hydrogens is 218 g/mol. The molecule has 3 nitrogen and oxygen atoms in total. The van der Waals surface area contributed by atoms with Gasteiger partial charge >= 0.3 is 5.97 Å². The van der Waals surface area contributed by atoms with Crippen molar-refractivity contribution in [3.05, 3.63) is 16.1 Å². The molecular formula is C9H11NO2S2. The third kappa shape index (κ3) is 2.27. The van der Waals surface area contributed by atoms with E-state index >= 15 is 0 Å². The number of carbonyl (C=O) groups is 1. The van der Waals surface area contributed by atoms with Crippen LogP contribution in [0.5, 0.6) is 0 Å². The highest BCUT2D eigenvalue weighted by Gasteiger charge is 2.18. The summed E-state index contributed by atoms with van der Waals surface area (Å²) in [6.45, 7) is 0. The smallest absolute Gasteiger partial charge is 0.347 e. The fourth-order valence-electron chi connectivity index (χ4n) is 1.50. The molecule has 14 heavy (non-hydrogen) atoms. The first-order valence-corrected chi connectivity index (χ1v) is 6.42. The number of nitrogens with zero attached hydrogens (tertiary/aromatic N) is 1. The number of rotatable bonds is 3. The Labute approximate surface area is 90.6 Å². The molecule has 1 aliphatic rings. The van der Waals surface area contributed by atoms with Gasteiger partial charge in [-0.3, -0.25) is 0 Å². The first kappa shape index (κ1) is 9.98. The van der Waals surface area contributed by atoms with E-state index < -0.39 is 5.97 Å². The third-order valence-electron chi connectivity index (χ3n) is 2.19. The summed E-state index contributed by atoms with van der Waals surface area (Å²) in [6, 6.07) is 0. The van der Waals surface area contributed by atoms with Crippen molar-refractivity contribution in [2.75, 3.05) is 5.75 Å². The van der Waals surface area contributed by atoms with Crippen LogP contribution in [-0.4, -0.2) is 27.1 Å². The van der Waals surface area contributed by atoms with Gasteiger partial charge in [-0.15, -0.1) is 11.3 Å². The SMILES string of the molecule is O=C(O)c1cnc(CC2CCCS2)s1. The van der Waals surface area contributed by atoms with Crippen molar-refractivity contribution in [3.63, 3.8) is 0 Å². The number of thiazole rings is 1. The third-order valence-corrected chi connectivity index (χ3v) is 4.60. The van der Waals surface area contributed by atoms with E-state index in [1.807, 2.05) is 11.8 Å². The predicted molar refractivity (Wildman–Crippen MR) is 58.3 cm³/mol. The highest BCUT2D eigenvalue weighted by atomic mass is 32.2. The van der Waals surface area contributed by atoms with Gasteiger partial charge < -0.3 is 5.11 Å². The second kappa shape index (κ2) is 4.31. The summed E-state index contributed by atoms with van der Waals surface area (Å²) in [5.74, 6) is 0.370. The summed E-state index contributed by atoms with van der Waals surface area (Å²) in [5.41, 5.74) is 0. The van der Waals surface area contributed by atoms with E-state index in [4.69, 9.17) is 5.11 Å².